The predicted octanol–water partition coefficient (Wildman–Crippen LogP) is 4.98. The summed E-state index contributed by atoms with van der Waals surface area (Å²) in [6.45, 7) is 2.23. The highest BCUT2D eigenvalue weighted by molar-refractivity contribution is 7.60. The predicted molar refractivity (Wildman–Crippen MR) is 98.9 cm³/mol. The van der Waals surface area contributed by atoms with Gasteiger partial charge in [0.1, 0.15) is 0 Å². The number of hydrogen-bond donors (Lipinski definition) is 2. The Morgan fingerprint density at radius 1 is 0.833 bits per heavy atom. The molecule has 0 aliphatic carbocycles. The molecule has 0 amide bonds. The summed E-state index contributed by atoms with van der Waals surface area (Å²) in [7, 11) is -4.23. The minimum atomic E-state index is -4.23. The Kier molecular flexibility index (Phi) is 10.2. The zero-order valence-corrected chi connectivity index (χ0v) is 15.6. The molecule has 0 fully saturated rings. The molecular formula is C19H31O4P. The molecule has 1 rings (SSSR count). The zero-order valence-electron chi connectivity index (χ0n) is 14.7. The standard InChI is InChI=1S/C19H31O4P/c1-2-3-4-5-6-7-8-9-10-11-12-19(20)17-13-15-18(16-14-17)24(21,22)23/h13-16H,2-12H2,1H3,(H2,21,22,23). The molecule has 0 bridgehead atoms. The fraction of sp³-hybridized carbons (Fsp3) is 0.632. The van der Waals surface area contributed by atoms with Crippen LogP contribution in [0.2, 0.25) is 0 Å². The first-order valence-electron chi connectivity index (χ1n) is 9.14. The van der Waals surface area contributed by atoms with E-state index >= 15 is 0 Å². The smallest absolute Gasteiger partial charge is 0.321 e. The van der Waals surface area contributed by atoms with Crippen LogP contribution in [0.3, 0.4) is 0 Å². The van der Waals surface area contributed by atoms with E-state index in [2.05, 4.69) is 6.92 Å². The highest BCUT2D eigenvalue weighted by atomic mass is 31.2. The average Bonchev–Trinajstić information content (AvgIpc) is 2.55. The highest BCUT2D eigenvalue weighted by Crippen LogP contribution is 2.32. The minimum Gasteiger partial charge on any atom is -0.321 e. The largest absolute Gasteiger partial charge is 0.356 e. The lowest BCUT2D eigenvalue weighted by atomic mass is 10.0. The normalized spacial score (nSPS) is 11.6. The third kappa shape index (κ3) is 8.77. The van der Waals surface area contributed by atoms with E-state index in [9.17, 15) is 9.36 Å². The summed E-state index contributed by atoms with van der Waals surface area (Å²) >= 11 is 0. The molecule has 0 aliphatic rings. The molecule has 2 N–H and O–H groups in total. The number of carbonyl (C=O) groups is 1. The van der Waals surface area contributed by atoms with E-state index in [0.29, 0.717) is 12.0 Å². The lowest BCUT2D eigenvalue weighted by Gasteiger charge is -2.05. The summed E-state index contributed by atoms with van der Waals surface area (Å²) in [5.41, 5.74) is 0.531. The van der Waals surface area contributed by atoms with E-state index in [1.165, 1.54) is 75.6 Å². The molecule has 0 saturated carbocycles. The Hall–Kier alpha value is -0.960. The average molecular weight is 354 g/mol. The fourth-order valence-electron chi connectivity index (χ4n) is 2.76. The third-order valence-electron chi connectivity index (χ3n) is 4.28. The van der Waals surface area contributed by atoms with Crippen LogP contribution in [-0.2, 0) is 4.57 Å². The monoisotopic (exact) mass is 354 g/mol. The molecule has 0 heterocycles. The number of Topliss-reactive ketones (excluding diaryl/α,β-unsaturated/α-hetero) is 1. The van der Waals surface area contributed by atoms with Crippen LogP contribution >= 0.6 is 7.60 Å². The molecular weight excluding hydrogens is 323 g/mol. The van der Waals surface area contributed by atoms with Crippen LogP contribution in [0.5, 0.6) is 0 Å². The summed E-state index contributed by atoms with van der Waals surface area (Å²) in [4.78, 5) is 30.1. The topological polar surface area (TPSA) is 74.6 Å². The molecule has 0 aliphatic heterocycles. The molecule has 5 heteroatoms. The van der Waals surface area contributed by atoms with Gasteiger partial charge < -0.3 is 9.79 Å². The summed E-state index contributed by atoms with van der Waals surface area (Å²) < 4.78 is 11.1. The minimum absolute atomic E-state index is 0.0435. The second-order valence-electron chi connectivity index (χ2n) is 6.45. The Morgan fingerprint density at radius 3 is 1.75 bits per heavy atom. The molecule has 136 valence electrons. The number of hydrogen-bond acceptors (Lipinski definition) is 2. The van der Waals surface area contributed by atoms with Crippen molar-refractivity contribution < 1.29 is 19.1 Å². The van der Waals surface area contributed by atoms with Crippen molar-refractivity contribution in [3.05, 3.63) is 29.8 Å². The maximum atomic E-state index is 12.0. The molecule has 4 nitrogen and oxygen atoms in total. The lowest BCUT2D eigenvalue weighted by Crippen LogP contribution is -2.06. The van der Waals surface area contributed by atoms with Gasteiger partial charge in [0.15, 0.2) is 5.78 Å². The molecule has 1 aromatic rings. The Morgan fingerprint density at radius 2 is 1.29 bits per heavy atom. The number of carbonyl (C=O) groups excluding carboxylic acids is 1. The van der Waals surface area contributed by atoms with E-state index in [0.717, 1.165) is 12.8 Å². The van der Waals surface area contributed by atoms with Crippen molar-refractivity contribution in [1.82, 2.24) is 0 Å². The highest BCUT2D eigenvalue weighted by Gasteiger charge is 2.17. The van der Waals surface area contributed by atoms with Crippen LogP contribution in [0.15, 0.2) is 24.3 Å². The van der Waals surface area contributed by atoms with E-state index in [4.69, 9.17) is 9.79 Å². The van der Waals surface area contributed by atoms with Gasteiger partial charge in [-0.25, -0.2) is 0 Å². The molecule has 24 heavy (non-hydrogen) atoms. The fourth-order valence-corrected chi connectivity index (χ4v) is 3.30. The molecule has 0 radical (unpaired) electrons. The van der Waals surface area contributed by atoms with Crippen molar-refractivity contribution in [2.45, 2.75) is 77.6 Å². The molecule has 1 aromatic carbocycles. The van der Waals surface area contributed by atoms with Crippen molar-refractivity contribution in [2.24, 2.45) is 0 Å². The van der Waals surface area contributed by atoms with E-state index in [1.807, 2.05) is 0 Å². The van der Waals surface area contributed by atoms with Gasteiger partial charge in [0.25, 0.3) is 0 Å². The molecule has 0 saturated heterocycles. The third-order valence-corrected chi connectivity index (χ3v) is 5.25. The van der Waals surface area contributed by atoms with E-state index in [1.54, 1.807) is 0 Å². The molecule has 0 unspecified atom stereocenters. The maximum Gasteiger partial charge on any atom is 0.356 e. The van der Waals surface area contributed by atoms with Gasteiger partial charge in [0.2, 0.25) is 0 Å². The van der Waals surface area contributed by atoms with Crippen molar-refractivity contribution in [2.75, 3.05) is 0 Å². The van der Waals surface area contributed by atoms with Gasteiger partial charge in [-0.3, -0.25) is 9.36 Å². The number of benzene rings is 1. The van der Waals surface area contributed by atoms with Crippen molar-refractivity contribution in [3.63, 3.8) is 0 Å². The van der Waals surface area contributed by atoms with Crippen LogP contribution in [0.25, 0.3) is 0 Å². The maximum absolute atomic E-state index is 12.0. The van der Waals surface area contributed by atoms with Crippen LogP contribution in [0.4, 0.5) is 0 Å². The van der Waals surface area contributed by atoms with Gasteiger partial charge in [-0.15, -0.1) is 0 Å². The van der Waals surface area contributed by atoms with Crippen LogP contribution in [0.1, 0.15) is 87.9 Å². The lowest BCUT2D eigenvalue weighted by molar-refractivity contribution is 0.0979. The zero-order chi connectivity index (χ0) is 17.8. The Labute approximate surface area is 145 Å². The summed E-state index contributed by atoms with van der Waals surface area (Å²) in [5, 5.41) is -0.0435. The first-order valence-corrected chi connectivity index (χ1v) is 10.8. The van der Waals surface area contributed by atoms with E-state index < -0.39 is 7.60 Å². The number of ketones is 1. The molecule has 0 aromatic heterocycles. The van der Waals surface area contributed by atoms with Gasteiger partial charge in [-0.05, 0) is 18.6 Å². The summed E-state index contributed by atoms with van der Waals surface area (Å²) in [6.07, 6.45) is 12.8. The first-order chi connectivity index (χ1) is 11.4. The van der Waals surface area contributed by atoms with Crippen molar-refractivity contribution >= 4 is 18.7 Å². The Balaban J connectivity index is 2.13. The van der Waals surface area contributed by atoms with Gasteiger partial charge in [-0.1, -0.05) is 76.8 Å². The molecule has 0 atom stereocenters. The quantitative estimate of drug-likeness (QED) is 0.297. The number of rotatable bonds is 13. The second kappa shape index (κ2) is 11.6. The van der Waals surface area contributed by atoms with Crippen LogP contribution in [-0.4, -0.2) is 15.6 Å². The van der Waals surface area contributed by atoms with Crippen molar-refractivity contribution in [1.29, 1.82) is 0 Å². The second-order valence-corrected chi connectivity index (χ2v) is 8.05. The van der Waals surface area contributed by atoms with Gasteiger partial charge in [0.05, 0.1) is 5.30 Å². The SMILES string of the molecule is CCCCCCCCCCCCC(=O)c1ccc(P(=O)(O)O)cc1. The first kappa shape index (κ1) is 21.1. The Bertz CT molecular complexity index is 519. The van der Waals surface area contributed by atoms with E-state index in [-0.39, 0.29) is 11.1 Å². The van der Waals surface area contributed by atoms with Crippen LogP contribution < -0.4 is 5.30 Å². The van der Waals surface area contributed by atoms with Gasteiger partial charge in [-0.2, -0.15) is 0 Å². The number of unbranched alkanes of at least 4 members (excludes halogenated alkanes) is 9. The summed E-state index contributed by atoms with van der Waals surface area (Å²) in [5.74, 6) is 0.0480. The van der Waals surface area contributed by atoms with Gasteiger partial charge in [0, 0.05) is 12.0 Å². The van der Waals surface area contributed by atoms with Crippen molar-refractivity contribution in [3.8, 4) is 0 Å². The van der Waals surface area contributed by atoms with Gasteiger partial charge >= 0.3 is 7.60 Å². The molecule has 0 spiro atoms. The van der Waals surface area contributed by atoms with Crippen LogP contribution in [0, 0.1) is 0 Å². The summed E-state index contributed by atoms with van der Waals surface area (Å²) in [6, 6.07) is 5.69.